The molecule has 2 rings (SSSR count). The van der Waals surface area contributed by atoms with Crippen LogP contribution in [-0.2, 0) is 4.79 Å². The van der Waals surface area contributed by atoms with Crippen LogP contribution >= 0.6 is 11.6 Å². The van der Waals surface area contributed by atoms with E-state index in [0.717, 1.165) is 6.07 Å². The van der Waals surface area contributed by atoms with Gasteiger partial charge < -0.3 is 15.4 Å². The minimum Gasteiger partial charge on any atom is -0.482 e. The van der Waals surface area contributed by atoms with Gasteiger partial charge >= 0.3 is 0 Å². The number of benzene rings is 2. The predicted octanol–water partition coefficient (Wildman–Crippen LogP) is 2.86. The van der Waals surface area contributed by atoms with Crippen LogP contribution in [0, 0.1) is 5.82 Å². The Balaban J connectivity index is 1.90. The van der Waals surface area contributed by atoms with Crippen molar-refractivity contribution in [3.63, 3.8) is 0 Å². The summed E-state index contributed by atoms with van der Waals surface area (Å²) in [6, 6.07) is 10.0. The second kappa shape index (κ2) is 7.60. The Labute approximate surface area is 137 Å². The van der Waals surface area contributed by atoms with Crippen LogP contribution in [0.25, 0.3) is 0 Å². The zero-order valence-electron chi connectivity index (χ0n) is 12.2. The number of hydrogen-bond acceptors (Lipinski definition) is 3. The highest BCUT2D eigenvalue weighted by Crippen LogP contribution is 2.24. The molecule has 0 radical (unpaired) electrons. The fourth-order valence-corrected chi connectivity index (χ4v) is 2.00. The molecule has 0 bridgehead atoms. The lowest BCUT2D eigenvalue weighted by molar-refractivity contribution is -0.118. The fourth-order valence-electron chi connectivity index (χ4n) is 1.78. The van der Waals surface area contributed by atoms with E-state index in [1.807, 2.05) is 0 Å². The van der Waals surface area contributed by atoms with Gasteiger partial charge in [0.2, 0.25) is 0 Å². The summed E-state index contributed by atoms with van der Waals surface area (Å²) < 4.78 is 18.1. The molecule has 5 nitrogen and oxygen atoms in total. The first kappa shape index (κ1) is 16.8. The van der Waals surface area contributed by atoms with Crippen molar-refractivity contribution in [2.24, 2.45) is 0 Å². The van der Waals surface area contributed by atoms with Gasteiger partial charge in [-0.1, -0.05) is 11.6 Å². The minimum absolute atomic E-state index is 0.0905. The molecule has 0 aromatic heterocycles. The number of ether oxygens (including phenoxy) is 1. The molecule has 0 aliphatic rings. The number of carbonyl (C=O) groups is 2. The molecule has 2 N–H and O–H groups in total. The first-order chi connectivity index (χ1) is 11.0. The summed E-state index contributed by atoms with van der Waals surface area (Å²) in [5, 5.41) is 5.21. The van der Waals surface area contributed by atoms with E-state index in [1.54, 1.807) is 24.3 Å². The average Bonchev–Trinajstić information content (AvgIpc) is 2.54. The van der Waals surface area contributed by atoms with Gasteiger partial charge in [0.25, 0.3) is 11.8 Å². The molecule has 120 valence electrons. The Hall–Kier alpha value is -2.60. The maximum atomic E-state index is 12.9. The molecule has 2 amide bonds. The van der Waals surface area contributed by atoms with Crippen LogP contribution in [0.2, 0.25) is 5.02 Å². The van der Waals surface area contributed by atoms with E-state index in [1.165, 1.54) is 19.2 Å². The van der Waals surface area contributed by atoms with Gasteiger partial charge in [0.1, 0.15) is 11.6 Å². The fraction of sp³-hybridized carbons (Fsp3) is 0.125. The molecular formula is C16H14ClFN2O3. The van der Waals surface area contributed by atoms with E-state index >= 15 is 0 Å². The van der Waals surface area contributed by atoms with Crippen molar-refractivity contribution in [3.8, 4) is 5.75 Å². The number of amides is 2. The Kier molecular flexibility index (Phi) is 5.54. The van der Waals surface area contributed by atoms with Gasteiger partial charge in [-0.3, -0.25) is 9.59 Å². The van der Waals surface area contributed by atoms with Gasteiger partial charge in [-0.2, -0.15) is 0 Å². The molecule has 0 aliphatic heterocycles. The number of halogens is 2. The van der Waals surface area contributed by atoms with E-state index in [0.29, 0.717) is 11.3 Å². The third-order valence-corrected chi connectivity index (χ3v) is 3.21. The molecule has 2 aromatic carbocycles. The first-order valence-electron chi connectivity index (χ1n) is 6.69. The zero-order valence-corrected chi connectivity index (χ0v) is 13.0. The van der Waals surface area contributed by atoms with Crippen molar-refractivity contribution in [2.75, 3.05) is 19.0 Å². The Morgan fingerprint density at radius 3 is 2.48 bits per heavy atom. The second-order valence-electron chi connectivity index (χ2n) is 4.57. The molecule has 0 atom stereocenters. The third kappa shape index (κ3) is 4.69. The van der Waals surface area contributed by atoms with Gasteiger partial charge in [-0.15, -0.1) is 0 Å². The number of nitrogens with one attached hydrogen (secondary N) is 2. The summed E-state index contributed by atoms with van der Waals surface area (Å²) in [4.78, 5) is 23.2. The van der Waals surface area contributed by atoms with Gasteiger partial charge in [0.15, 0.2) is 6.61 Å². The lowest BCUT2D eigenvalue weighted by atomic mass is 10.2. The highest BCUT2D eigenvalue weighted by atomic mass is 35.5. The van der Waals surface area contributed by atoms with Crippen molar-refractivity contribution in [1.29, 1.82) is 0 Å². The quantitative estimate of drug-likeness (QED) is 0.882. The standard InChI is InChI=1S/C16H14ClFN2O3/c1-19-16(22)10-2-5-12(6-3-10)20-15(21)9-23-14-7-4-11(18)8-13(14)17/h2-8H,9H2,1H3,(H,19,22)(H,20,21). The molecule has 23 heavy (non-hydrogen) atoms. The largest absolute Gasteiger partial charge is 0.482 e. The van der Waals surface area contributed by atoms with Crippen molar-refractivity contribution >= 4 is 29.1 Å². The third-order valence-electron chi connectivity index (χ3n) is 2.91. The van der Waals surface area contributed by atoms with Crippen molar-refractivity contribution in [2.45, 2.75) is 0 Å². The van der Waals surface area contributed by atoms with Crippen molar-refractivity contribution in [3.05, 3.63) is 58.9 Å². The van der Waals surface area contributed by atoms with Crippen LogP contribution in [0.15, 0.2) is 42.5 Å². The topological polar surface area (TPSA) is 67.4 Å². The van der Waals surface area contributed by atoms with E-state index in [-0.39, 0.29) is 23.3 Å². The maximum absolute atomic E-state index is 12.9. The average molecular weight is 337 g/mol. The Morgan fingerprint density at radius 2 is 1.87 bits per heavy atom. The normalized spacial score (nSPS) is 10.0. The summed E-state index contributed by atoms with van der Waals surface area (Å²) in [6.07, 6.45) is 0. The second-order valence-corrected chi connectivity index (χ2v) is 4.98. The van der Waals surface area contributed by atoms with Crippen molar-refractivity contribution in [1.82, 2.24) is 5.32 Å². The summed E-state index contributed by atoms with van der Waals surface area (Å²) in [7, 11) is 1.54. The van der Waals surface area contributed by atoms with Crippen LogP contribution in [0.4, 0.5) is 10.1 Å². The number of rotatable bonds is 5. The molecule has 7 heteroatoms. The number of hydrogen-bond donors (Lipinski definition) is 2. The van der Waals surface area contributed by atoms with E-state index in [4.69, 9.17) is 16.3 Å². The summed E-state index contributed by atoms with van der Waals surface area (Å²) in [5.74, 6) is -0.878. The number of anilines is 1. The van der Waals surface area contributed by atoms with E-state index < -0.39 is 11.7 Å². The lowest BCUT2D eigenvalue weighted by Crippen LogP contribution is -2.20. The van der Waals surface area contributed by atoms with Crippen molar-refractivity contribution < 1.29 is 18.7 Å². The molecule has 0 saturated heterocycles. The monoisotopic (exact) mass is 336 g/mol. The summed E-state index contributed by atoms with van der Waals surface area (Å²) in [6.45, 7) is -0.275. The van der Waals surface area contributed by atoms with Gasteiger partial charge in [-0.25, -0.2) is 4.39 Å². The molecule has 0 saturated carbocycles. The highest BCUT2D eigenvalue weighted by Gasteiger charge is 2.08. The van der Waals surface area contributed by atoms with Crippen LogP contribution in [-0.4, -0.2) is 25.5 Å². The number of carbonyl (C=O) groups excluding carboxylic acids is 2. The SMILES string of the molecule is CNC(=O)c1ccc(NC(=O)COc2ccc(F)cc2Cl)cc1. The predicted molar refractivity (Wildman–Crippen MR) is 85.4 cm³/mol. The minimum atomic E-state index is -0.483. The lowest BCUT2D eigenvalue weighted by Gasteiger charge is -2.09. The molecule has 0 unspecified atom stereocenters. The molecule has 2 aromatic rings. The highest BCUT2D eigenvalue weighted by molar-refractivity contribution is 6.32. The van der Waals surface area contributed by atoms with Gasteiger partial charge in [-0.05, 0) is 42.5 Å². The summed E-state index contributed by atoms with van der Waals surface area (Å²) >= 11 is 5.80. The molecular weight excluding hydrogens is 323 g/mol. The Morgan fingerprint density at radius 1 is 1.17 bits per heavy atom. The van der Waals surface area contributed by atoms with Crippen LogP contribution in [0.1, 0.15) is 10.4 Å². The van der Waals surface area contributed by atoms with Gasteiger partial charge in [0.05, 0.1) is 5.02 Å². The molecule has 0 spiro atoms. The maximum Gasteiger partial charge on any atom is 0.262 e. The zero-order chi connectivity index (χ0) is 16.8. The van der Waals surface area contributed by atoms with Crippen LogP contribution in [0.3, 0.4) is 0 Å². The summed E-state index contributed by atoms with van der Waals surface area (Å²) in [5.41, 5.74) is 1.01. The first-order valence-corrected chi connectivity index (χ1v) is 7.07. The van der Waals surface area contributed by atoms with Crippen LogP contribution < -0.4 is 15.4 Å². The molecule has 0 fully saturated rings. The van der Waals surface area contributed by atoms with E-state index in [9.17, 15) is 14.0 Å². The molecule has 0 aliphatic carbocycles. The molecule has 0 heterocycles. The van der Waals surface area contributed by atoms with Gasteiger partial charge in [0, 0.05) is 18.3 Å². The van der Waals surface area contributed by atoms with Crippen LogP contribution in [0.5, 0.6) is 5.75 Å². The van der Waals surface area contributed by atoms with E-state index in [2.05, 4.69) is 10.6 Å². The Bertz CT molecular complexity index is 720. The smallest absolute Gasteiger partial charge is 0.262 e.